The molecular weight excluding hydrogens is 136 g/mol. The highest BCUT2D eigenvalue weighted by atomic mass is 16.1. The topological polar surface area (TPSA) is 17.1 Å². The van der Waals surface area contributed by atoms with Crippen LogP contribution in [0.4, 0.5) is 0 Å². The molecule has 0 aromatic heterocycles. The van der Waals surface area contributed by atoms with Gasteiger partial charge in [-0.2, -0.15) is 0 Å². The summed E-state index contributed by atoms with van der Waals surface area (Å²) in [6, 6.07) is 0. The highest BCUT2D eigenvalue weighted by Crippen LogP contribution is 2.24. The third-order valence-corrected chi connectivity index (χ3v) is 1.92. The van der Waals surface area contributed by atoms with Gasteiger partial charge < -0.3 is 0 Å². The molecule has 0 aromatic rings. The van der Waals surface area contributed by atoms with Crippen molar-refractivity contribution in [3.8, 4) is 0 Å². The third-order valence-electron chi connectivity index (χ3n) is 1.92. The minimum Gasteiger partial charge on any atom is -0.294 e. The number of carbonyl (C=O) groups is 1. The molecule has 2 aliphatic rings. The van der Waals surface area contributed by atoms with Gasteiger partial charge in [0.25, 0.3) is 0 Å². The number of allylic oxidation sites excluding steroid dienone is 8. The van der Waals surface area contributed by atoms with Crippen LogP contribution >= 0.6 is 0 Å². The van der Waals surface area contributed by atoms with Gasteiger partial charge in [0.1, 0.15) is 0 Å². The minimum atomic E-state index is -0.00926. The van der Waals surface area contributed by atoms with Crippen LogP contribution in [-0.2, 0) is 4.79 Å². The molecule has 0 saturated heterocycles. The Hall–Kier alpha value is -1.37. The van der Waals surface area contributed by atoms with Crippen LogP contribution in [-0.4, -0.2) is 5.78 Å². The molecule has 2 rings (SSSR count). The van der Waals surface area contributed by atoms with Gasteiger partial charge in [0.05, 0.1) is 5.92 Å². The SMILES string of the molecule is O=C1C=CC2=CC=CC=CC12. The second-order valence-electron chi connectivity index (χ2n) is 2.65. The van der Waals surface area contributed by atoms with Crippen LogP contribution in [0, 0.1) is 5.92 Å². The van der Waals surface area contributed by atoms with Crippen LogP contribution in [0.3, 0.4) is 0 Å². The van der Waals surface area contributed by atoms with Crippen LogP contribution in [0.2, 0.25) is 0 Å². The summed E-state index contributed by atoms with van der Waals surface area (Å²) in [6.07, 6.45) is 13.2. The second-order valence-corrected chi connectivity index (χ2v) is 2.65. The fraction of sp³-hybridized carbons (Fsp3) is 0.100. The first-order valence-corrected chi connectivity index (χ1v) is 3.65. The number of hydrogen-bond acceptors (Lipinski definition) is 1. The number of hydrogen-bond donors (Lipinski definition) is 0. The normalized spacial score (nSPS) is 26.7. The van der Waals surface area contributed by atoms with E-state index in [1.165, 1.54) is 0 Å². The van der Waals surface area contributed by atoms with Crippen LogP contribution < -0.4 is 0 Å². The highest BCUT2D eigenvalue weighted by Gasteiger charge is 2.21. The van der Waals surface area contributed by atoms with E-state index in [2.05, 4.69) is 0 Å². The standard InChI is InChI=1S/C10H8O/c11-10-7-6-8-4-2-1-3-5-9(8)10/h1-7,9H. The molecule has 1 heteroatoms. The van der Waals surface area contributed by atoms with Crippen molar-refractivity contribution in [2.75, 3.05) is 0 Å². The van der Waals surface area contributed by atoms with Gasteiger partial charge in [0.15, 0.2) is 5.78 Å². The molecule has 11 heavy (non-hydrogen) atoms. The first kappa shape index (κ1) is 6.35. The van der Waals surface area contributed by atoms with Crippen LogP contribution in [0.5, 0.6) is 0 Å². The van der Waals surface area contributed by atoms with Crippen molar-refractivity contribution in [1.82, 2.24) is 0 Å². The van der Waals surface area contributed by atoms with Crippen molar-refractivity contribution < 1.29 is 4.79 Å². The third kappa shape index (κ3) is 0.984. The Balaban J connectivity index is 2.44. The highest BCUT2D eigenvalue weighted by molar-refractivity contribution is 5.99. The van der Waals surface area contributed by atoms with E-state index in [1.807, 2.05) is 36.5 Å². The second kappa shape index (κ2) is 2.35. The van der Waals surface area contributed by atoms with E-state index in [0.717, 1.165) is 5.57 Å². The fourth-order valence-corrected chi connectivity index (χ4v) is 1.32. The van der Waals surface area contributed by atoms with E-state index in [4.69, 9.17) is 0 Å². The average Bonchev–Trinajstić information content (AvgIpc) is 2.25. The molecule has 0 saturated carbocycles. The summed E-state index contributed by atoms with van der Waals surface area (Å²) in [5.41, 5.74) is 1.10. The maximum absolute atomic E-state index is 11.2. The predicted molar refractivity (Wildman–Crippen MR) is 44.0 cm³/mol. The molecule has 0 spiro atoms. The van der Waals surface area contributed by atoms with Crippen molar-refractivity contribution in [3.63, 3.8) is 0 Å². The molecule has 0 bridgehead atoms. The zero-order valence-electron chi connectivity index (χ0n) is 6.03. The lowest BCUT2D eigenvalue weighted by atomic mass is 10.0. The number of carbonyl (C=O) groups excluding carboxylic acids is 1. The van der Waals surface area contributed by atoms with Crippen molar-refractivity contribution >= 4 is 5.78 Å². The van der Waals surface area contributed by atoms with E-state index >= 15 is 0 Å². The van der Waals surface area contributed by atoms with E-state index in [1.54, 1.807) is 6.08 Å². The van der Waals surface area contributed by atoms with E-state index in [-0.39, 0.29) is 11.7 Å². The minimum absolute atomic E-state index is 0.00926. The Morgan fingerprint density at radius 3 is 2.91 bits per heavy atom. The first-order valence-electron chi connectivity index (χ1n) is 3.65. The molecule has 0 amide bonds. The number of ketones is 1. The largest absolute Gasteiger partial charge is 0.294 e. The Morgan fingerprint density at radius 1 is 1.09 bits per heavy atom. The molecule has 2 aliphatic carbocycles. The molecule has 1 unspecified atom stereocenters. The van der Waals surface area contributed by atoms with Gasteiger partial charge in [0.2, 0.25) is 0 Å². The average molecular weight is 144 g/mol. The van der Waals surface area contributed by atoms with Crippen LogP contribution in [0.25, 0.3) is 0 Å². The first-order chi connectivity index (χ1) is 5.38. The zero-order chi connectivity index (χ0) is 7.68. The van der Waals surface area contributed by atoms with Crippen molar-refractivity contribution in [2.24, 2.45) is 5.92 Å². The maximum Gasteiger partial charge on any atom is 0.166 e. The Labute approximate surface area is 65.4 Å². The predicted octanol–water partition coefficient (Wildman–Crippen LogP) is 1.79. The van der Waals surface area contributed by atoms with Gasteiger partial charge in [-0.3, -0.25) is 4.79 Å². The Morgan fingerprint density at radius 2 is 2.00 bits per heavy atom. The molecule has 0 aromatic carbocycles. The Bertz CT molecular complexity index is 303. The summed E-state index contributed by atoms with van der Waals surface area (Å²) >= 11 is 0. The van der Waals surface area contributed by atoms with Gasteiger partial charge in [-0.1, -0.05) is 36.5 Å². The summed E-state index contributed by atoms with van der Waals surface area (Å²) in [5, 5.41) is 0. The van der Waals surface area contributed by atoms with Gasteiger partial charge in [0, 0.05) is 0 Å². The molecule has 0 radical (unpaired) electrons. The molecule has 0 heterocycles. The van der Waals surface area contributed by atoms with Crippen molar-refractivity contribution in [1.29, 1.82) is 0 Å². The van der Waals surface area contributed by atoms with Crippen LogP contribution in [0.15, 0.2) is 48.1 Å². The van der Waals surface area contributed by atoms with Gasteiger partial charge in [-0.15, -0.1) is 0 Å². The fourth-order valence-electron chi connectivity index (χ4n) is 1.32. The lowest BCUT2D eigenvalue weighted by Gasteiger charge is -2.00. The molecule has 1 nitrogen and oxygen atoms in total. The van der Waals surface area contributed by atoms with Crippen LogP contribution in [0.1, 0.15) is 0 Å². The zero-order valence-corrected chi connectivity index (χ0v) is 6.03. The quantitative estimate of drug-likeness (QED) is 0.506. The summed E-state index contributed by atoms with van der Waals surface area (Å²) < 4.78 is 0. The summed E-state index contributed by atoms with van der Waals surface area (Å²) in [5.74, 6) is 0.182. The van der Waals surface area contributed by atoms with Crippen molar-refractivity contribution in [3.05, 3.63) is 48.1 Å². The number of rotatable bonds is 0. The molecule has 0 aliphatic heterocycles. The van der Waals surface area contributed by atoms with Gasteiger partial charge in [-0.25, -0.2) is 0 Å². The van der Waals surface area contributed by atoms with Gasteiger partial charge in [-0.05, 0) is 11.6 Å². The molecule has 0 fully saturated rings. The smallest absolute Gasteiger partial charge is 0.166 e. The molecule has 54 valence electrons. The van der Waals surface area contributed by atoms with E-state index in [0.29, 0.717) is 0 Å². The van der Waals surface area contributed by atoms with Gasteiger partial charge >= 0.3 is 0 Å². The summed E-state index contributed by atoms with van der Waals surface area (Å²) in [4.78, 5) is 11.2. The lowest BCUT2D eigenvalue weighted by molar-refractivity contribution is -0.115. The molecule has 1 atom stereocenters. The number of fused-ring (bicyclic) bond motifs is 1. The summed E-state index contributed by atoms with van der Waals surface area (Å²) in [7, 11) is 0. The Kier molecular flexibility index (Phi) is 1.35. The lowest BCUT2D eigenvalue weighted by Crippen LogP contribution is -2.04. The monoisotopic (exact) mass is 144 g/mol. The molecule has 0 N–H and O–H groups in total. The van der Waals surface area contributed by atoms with Crippen molar-refractivity contribution in [2.45, 2.75) is 0 Å². The summed E-state index contributed by atoms with van der Waals surface area (Å²) in [6.45, 7) is 0. The maximum atomic E-state index is 11.2. The van der Waals surface area contributed by atoms with E-state index < -0.39 is 0 Å². The molecular formula is C10H8O. The van der Waals surface area contributed by atoms with E-state index in [9.17, 15) is 4.79 Å².